The lowest BCUT2D eigenvalue weighted by Crippen LogP contribution is -2.21. The number of urea groups is 1. The third-order valence-corrected chi connectivity index (χ3v) is 3.62. The summed E-state index contributed by atoms with van der Waals surface area (Å²) >= 11 is 0. The Hall–Kier alpha value is -3.43. The molecular weight excluding hydrogens is 381 g/mol. The van der Waals surface area contributed by atoms with E-state index in [0.29, 0.717) is 0 Å². The number of hydrogen-bond donors (Lipinski definition) is 2. The number of halogens is 3. The van der Waals surface area contributed by atoms with Gasteiger partial charge < -0.3 is 24.8 Å². The number of anilines is 2. The second-order valence-electron chi connectivity index (χ2n) is 5.40. The van der Waals surface area contributed by atoms with Crippen molar-refractivity contribution in [2.24, 2.45) is 0 Å². The molecule has 0 spiro atoms. The molecule has 2 N–H and O–H groups in total. The average Bonchev–Trinajstić information content (AvgIpc) is 2.66. The first-order valence-electron chi connectivity index (χ1n) is 7.79. The Kier molecular flexibility index (Phi) is 6.34. The molecular formula is C18H17F3N2O5. The van der Waals surface area contributed by atoms with Gasteiger partial charge in [-0.05, 0) is 18.2 Å². The molecule has 0 unspecified atom stereocenters. The lowest BCUT2D eigenvalue weighted by molar-refractivity contribution is -0.137. The van der Waals surface area contributed by atoms with Crippen molar-refractivity contribution >= 4 is 23.4 Å². The van der Waals surface area contributed by atoms with Crippen LogP contribution in [0.4, 0.5) is 29.3 Å². The number of benzene rings is 2. The standard InChI is InChI=1S/C18H17F3N2O5/c1-26-14-8-12(16(24)28-3)13(9-15(14)27-2)23-17(25)22-11-6-4-5-10(7-11)18(19,20)21/h4-9H,1-3H3,(H2,22,23,25). The fourth-order valence-corrected chi connectivity index (χ4v) is 2.32. The molecule has 0 atom stereocenters. The van der Waals surface area contributed by atoms with Crippen LogP contribution in [0.1, 0.15) is 15.9 Å². The highest BCUT2D eigenvalue weighted by Crippen LogP contribution is 2.34. The van der Waals surface area contributed by atoms with Crippen LogP contribution in [-0.4, -0.2) is 33.3 Å². The first kappa shape index (κ1) is 20.9. The molecule has 10 heteroatoms. The molecule has 0 aliphatic rings. The third kappa shape index (κ3) is 4.84. The van der Waals surface area contributed by atoms with Crippen molar-refractivity contribution in [3.05, 3.63) is 47.5 Å². The highest BCUT2D eigenvalue weighted by Gasteiger charge is 2.30. The SMILES string of the molecule is COC(=O)c1cc(OC)c(OC)cc1NC(=O)Nc1cccc(C(F)(F)F)c1. The van der Waals surface area contributed by atoms with E-state index < -0.39 is 23.7 Å². The second-order valence-corrected chi connectivity index (χ2v) is 5.40. The molecule has 0 radical (unpaired) electrons. The minimum absolute atomic E-state index is 0.0222. The lowest BCUT2D eigenvalue weighted by Gasteiger charge is -2.15. The van der Waals surface area contributed by atoms with Crippen molar-refractivity contribution in [3.8, 4) is 11.5 Å². The Morgan fingerprint density at radius 3 is 2.14 bits per heavy atom. The zero-order valence-corrected chi connectivity index (χ0v) is 15.1. The van der Waals surface area contributed by atoms with Gasteiger partial charge in [0, 0.05) is 17.8 Å². The average molecular weight is 398 g/mol. The minimum Gasteiger partial charge on any atom is -0.493 e. The number of amides is 2. The van der Waals surface area contributed by atoms with E-state index in [1.807, 2.05) is 0 Å². The summed E-state index contributed by atoms with van der Waals surface area (Å²) in [6.45, 7) is 0. The number of carbonyl (C=O) groups excluding carboxylic acids is 2. The van der Waals surface area contributed by atoms with Gasteiger partial charge in [0.2, 0.25) is 0 Å². The van der Waals surface area contributed by atoms with Crippen LogP contribution in [-0.2, 0) is 10.9 Å². The first-order valence-corrected chi connectivity index (χ1v) is 7.79. The van der Waals surface area contributed by atoms with Gasteiger partial charge in [0.25, 0.3) is 0 Å². The van der Waals surface area contributed by atoms with Crippen molar-refractivity contribution < 1.29 is 37.0 Å². The van der Waals surface area contributed by atoms with Crippen molar-refractivity contribution in [2.45, 2.75) is 6.18 Å². The number of rotatable bonds is 5. The van der Waals surface area contributed by atoms with Gasteiger partial charge in [-0.2, -0.15) is 13.2 Å². The van der Waals surface area contributed by atoms with Crippen LogP contribution in [0.3, 0.4) is 0 Å². The van der Waals surface area contributed by atoms with E-state index in [1.54, 1.807) is 0 Å². The number of ether oxygens (including phenoxy) is 3. The van der Waals surface area contributed by atoms with Gasteiger partial charge in [-0.1, -0.05) is 6.07 Å². The van der Waals surface area contributed by atoms with Crippen molar-refractivity contribution in [2.75, 3.05) is 32.0 Å². The van der Waals surface area contributed by atoms with E-state index in [1.165, 1.54) is 32.4 Å². The van der Waals surface area contributed by atoms with E-state index >= 15 is 0 Å². The molecule has 7 nitrogen and oxygen atoms in total. The van der Waals surface area contributed by atoms with Gasteiger partial charge in [-0.3, -0.25) is 0 Å². The fraction of sp³-hybridized carbons (Fsp3) is 0.222. The van der Waals surface area contributed by atoms with Crippen LogP contribution < -0.4 is 20.1 Å². The van der Waals surface area contributed by atoms with Crippen LogP contribution in [0.5, 0.6) is 11.5 Å². The number of hydrogen-bond acceptors (Lipinski definition) is 5. The predicted octanol–water partition coefficient (Wildman–Crippen LogP) is 4.15. The molecule has 2 aromatic rings. The Balaban J connectivity index is 2.29. The van der Waals surface area contributed by atoms with E-state index in [2.05, 4.69) is 15.4 Å². The van der Waals surface area contributed by atoms with E-state index in [9.17, 15) is 22.8 Å². The molecule has 0 bridgehead atoms. The molecule has 2 amide bonds. The molecule has 2 rings (SSSR count). The van der Waals surface area contributed by atoms with Gasteiger partial charge in [0.1, 0.15) is 0 Å². The summed E-state index contributed by atoms with van der Waals surface area (Å²) in [5, 5.41) is 4.67. The van der Waals surface area contributed by atoms with Crippen LogP contribution in [0.2, 0.25) is 0 Å². The minimum atomic E-state index is -4.55. The maximum atomic E-state index is 12.8. The Bertz CT molecular complexity index is 884. The first-order chi connectivity index (χ1) is 13.2. The van der Waals surface area contributed by atoms with E-state index in [4.69, 9.17) is 9.47 Å². The predicted molar refractivity (Wildman–Crippen MR) is 95.0 cm³/mol. The smallest absolute Gasteiger partial charge is 0.416 e. The van der Waals surface area contributed by atoms with E-state index in [0.717, 1.165) is 25.3 Å². The highest BCUT2D eigenvalue weighted by molar-refractivity contribution is 6.05. The maximum Gasteiger partial charge on any atom is 0.416 e. The summed E-state index contributed by atoms with van der Waals surface area (Å²) in [7, 11) is 3.89. The molecule has 0 aromatic heterocycles. The maximum absolute atomic E-state index is 12.8. The quantitative estimate of drug-likeness (QED) is 0.739. The monoisotopic (exact) mass is 398 g/mol. The summed E-state index contributed by atoms with van der Waals surface area (Å²) in [5.41, 5.74) is -0.993. The lowest BCUT2D eigenvalue weighted by atomic mass is 10.1. The largest absolute Gasteiger partial charge is 0.493 e. The number of carbonyl (C=O) groups is 2. The summed E-state index contributed by atoms with van der Waals surface area (Å²) in [4.78, 5) is 24.2. The molecule has 0 aliphatic heterocycles. The normalized spacial score (nSPS) is 10.8. The van der Waals surface area contributed by atoms with Crippen molar-refractivity contribution in [3.63, 3.8) is 0 Å². The zero-order chi connectivity index (χ0) is 20.9. The van der Waals surface area contributed by atoms with Gasteiger partial charge in [-0.15, -0.1) is 0 Å². The summed E-state index contributed by atoms with van der Waals surface area (Å²) in [6, 6.07) is 5.90. The van der Waals surface area contributed by atoms with Crippen LogP contribution in [0.25, 0.3) is 0 Å². The molecule has 0 heterocycles. The molecule has 2 aromatic carbocycles. The fourth-order valence-electron chi connectivity index (χ4n) is 2.32. The Morgan fingerprint density at radius 2 is 1.57 bits per heavy atom. The zero-order valence-electron chi connectivity index (χ0n) is 15.1. The number of esters is 1. The molecule has 28 heavy (non-hydrogen) atoms. The Labute approximate surface area is 158 Å². The number of nitrogens with one attached hydrogen (secondary N) is 2. The Morgan fingerprint density at radius 1 is 0.929 bits per heavy atom. The summed E-state index contributed by atoms with van der Waals surface area (Å²) in [5.74, 6) is -0.299. The van der Waals surface area contributed by atoms with Crippen molar-refractivity contribution in [1.29, 1.82) is 0 Å². The molecule has 0 aliphatic carbocycles. The number of methoxy groups -OCH3 is 3. The molecule has 0 saturated heterocycles. The van der Waals surface area contributed by atoms with Gasteiger partial charge in [0.15, 0.2) is 11.5 Å². The van der Waals surface area contributed by atoms with Crippen molar-refractivity contribution in [1.82, 2.24) is 0 Å². The topological polar surface area (TPSA) is 85.9 Å². The van der Waals surface area contributed by atoms with Crippen LogP contribution >= 0.6 is 0 Å². The third-order valence-electron chi connectivity index (χ3n) is 3.62. The molecule has 150 valence electrons. The van der Waals surface area contributed by atoms with Gasteiger partial charge in [-0.25, -0.2) is 9.59 Å². The van der Waals surface area contributed by atoms with E-state index in [-0.39, 0.29) is 28.4 Å². The number of alkyl halides is 3. The van der Waals surface area contributed by atoms with Crippen LogP contribution in [0, 0.1) is 0 Å². The second kappa shape index (κ2) is 8.51. The van der Waals surface area contributed by atoms with Crippen LogP contribution in [0.15, 0.2) is 36.4 Å². The summed E-state index contributed by atoms with van der Waals surface area (Å²) in [6.07, 6.45) is -4.55. The summed E-state index contributed by atoms with van der Waals surface area (Å²) < 4.78 is 53.2. The molecule has 0 fully saturated rings. The van der Waals surface area contributed by atoms with Gasteiger partial charge >= 0.3 is 18.2 Å². The van der Waals surface area contributed by atoms with Gasteiger partial charge in [0.05, 0.1) is 38.1 Å². The molecule has 0 saturated carbocycles. The highest BCUT2D eigenvalue weighted by atomic mass is 19.4.